The Bertz CT molecular complexity index is 309. The van der Waals surface area contributed by atoms with Crippen LogP contribution in [0.5, 0.6) is 0 Å². The standard InChI is InChI=1S/C14H24N2O/c1-4-14(17,5-2)12-16(6-3)11-13-9-7-8-10-15-13/h7-10,17H,4-6,11-12H2,1-3H3. The topological polar surface area (TPSA) is 36.4 Å². The van der Waals surface area contributed by atoms with Gasteiger partial charge in [0.2, 0.25) is 0 Å². The first-order valence-corrected chi connectivity index (χ1v) is 6.48. The smallest absolute Gasteiger partial charge is 0.0769 e. The van der Waals surface area contributed by atoms with E-state index in [9.17, 15) is 5.11 Å². The molecule has 1 aromatic rings. The molecule has 3 heteroatoms. The average molecular weight is 236 g/mol. The van der Waals surface area contributed by atoms with E-state index in [1.54, 1.807) is 0 Å². The van der Waals surface area contributed by atoms with Gasteiger partial charge in [-0.1, -0.05) is 26.8 Å². The lowest BCUT2D eigenvalue weighted by molar-refractivity contribution is -0.00448. The summed E-state index contributed by atoms with van der Waals surface area (Å²) in [5.74, 6) is 0. The molecule has 0 aliphatic heterocycles. The van der Waals surface area contributed by atoms with E-state index >= 15 is 0 Å². The number of likely N-dealkylation sites (N-methyl/N-ethyl adjacent to an activating group) is 1. The van der Waals surface area contributed by atoms with Crippen molar-refractivity contribution in [1.82, 2.24) is 9.88 Å². The van der Waals surface area contributed by atoms with Crippen LogP contribution in [0.2, 0.25) is 0 Å². The maximum atomic E-state index is 10.3. The lowest BCUT2D eigenvalue weighted by atomic mass is 9.97. The van der Waals surface area contributed by atoms with E-state index < -0.39 is 5.60 Å². The number of aromatic nitrogens is 1. The second-order valence-electron chi connectivity index (χ2n) is 4.56. The van der Waals surface area contributed by atoms with E-state index in [4.69, 9.17) is 0 Å². The van der Waals surface area contributed by atoms with Crippen LogP contribution in [0.4, 0.5) is 0 Å². The summed E-state index contributed by atoms with van der Waals surface area (Å²) in [6.45, 7) is 8.65. The van der Waals surface area contributed by atoms with Crippen molar-refractivity contribution in [3.05, 3.63) is 30.1 Å². The number of nitrogens with zero attached hydrogens (tertiary/aromatic N) is 2. The first-order chi connectivity index (χ1) is 8.13. The molecule has 3 nitrogen and oxygen atoms in total. The van der Waals surface area contributed by atoms with E-state index in [1.807, 2.05) is 38.2 Å². The molecule has 0 amide bonds. The van der Waals surface area contributed by atoms with Crippen LogP contribution < -0.4 is 0 Å². The van der Waals surface area contributed by atoms with Crippen molar-refractivity contribution in [2.75, 3.05) is 13.1 Å². The minimum absolute atomic E-state index is 0.565. The second kappa shape index (κ2) is 6.72. The lowest BCUT2D eigenvalue weighted by Gasteiger charge is -2.32. The van der Waals surface area contributed by atoms with Crippen molar-refractivity contribution < 1.29 is 5.11 Å². The average Bonchev–Trinajstić information content (AvgIpc) is 2.39. The van der Waals surface area contributed by atoms with Crippen LogP contribution in [0.25, 0.3) is 0 Å². The largest absolute Gasteiger partial charge is 0.389 e. The molecule has 0 aliphatic carbocycles. The highest BCUT2D eigenvalue weighted by atomic mass is 16.3. The van der Waals surface area contributed by atoms with Crippen molar-refractivity contribution in [1.29, 1.82) is 0 Å². The van der Waals surface area contributed by atoms with Gasteiger partial charge in [-0.15, -0.1) is 0 Å². The lowest BCUT2D eigenvalue weighted by Crippen LogP contribution is -2.42. The summed E-state index contributed by atoms with van der Waals surface area (Å²) in [5, 5.41) is 10.3. The molecule has 0 fully saturated rings. The van der Waals surface area contributed by atoms with Crippen LogP contribution in [0.3, 0.4) is 0 Å². The van der Waals surface area contributed by atoms with Gasteiger partial charge < -0.3 is 5.11 Å². The molecule has 0 saturated carbocycles. The third kappa shape index (κ3) is 4.44. The molecule has 1 N–H and O–H groups in total. The molecular formula is C14H24N2O. The number of hydrogen-bond donors (Lipinski definition) is 1. The van der Waals surface area contributed by atoms with Crippen LogP contribution in [0.15, 0.2) is 24.4 Å². The predicted octanol–water partition coefficient (Wildman–Crippen LogP) is 2.45. The van der Waals surface area contributed by atoms with E-state index in [0.29, 0.717) is 6.54 Å². The summed E-state index contributed by atoms with van der Waals surface area (Å²) >= 11 is 0. The van der Waals surface area contributed by atoms with Crippen LogP contribution in [0.1, 0.15) is 39.3 Å². The monoisotopic (exact) mass is 236 g/mol. The fraction of sp³-hybridized carbons (Fsp3) is 0.643. The Balaban J connectivity index is 2.60. The van der Waals surface area contributed by atoms with E-state index in [1.165, 1.54) is 0 Å². The number of rotatable bonds is 7. The second-order valence-corrected chi connectivity index (χ2v) is 4.56. The summed E-state index contributed by atoms with van der Waals surface area (Å²) in [5.41, 5.74) is 0.494. The first-order valence-electron chi connectivity index (χ1n) is 6.48. The number of aliphatic hydroxyl groups is 1. The molecule has 0 saturated heterocycles. The molecule has 96 valence electrons. The van der Waals surface area contributed by atoms with Gasteiger partial charge in [-0.05, 0) is 31.5 Å². The Hall–Kier alpha value is -0.930. The fourth-order valence-corrected chi connectivity index (χ4v) is 1.89. The molecule has 0 atom stereocenters. The van der Waals surface area contributed by atoms with Gasteiger partial charge in [-0.3, -0.25) is 9.88 Å². The summed E-state index contributed by atoms with van der Waals surface area (Å²) in [6, 6.07) is 5.95. The molecule has 0 radical (unpaired) electrons. The molecule has 0 spiro atoms. The molecule has 1 rings (SSSR count). The summed E-state index contributed by atoms with van der Waals surface area (Å²) in [6.07, 6.45) is 3.40. The highest BCUT2D eigenvalue weighted by Crippen LogP contribution is 2.17. The van der Waals surface area contributed by atoms with Crippen LogP contribution in [-0.2, 0) is 6.54 Å². The summed E-state index contributed by atoms with van der Waals surface area (Å²) in [4.78, 5) is 6.57. The van der Waals surface area contributed by atoms with Gasteiger partial charge in [0.15, 0.2) is 0 Å². The van der Waals surface area contributed by atoms with Crippen molar-refractivity contribution in [2.24, 2.45) is 0 Å². The van der Waals surface area contributed by atoms with Gasteiger partial charge >= 0.3 is 0 Å². The van der Waals surface area contributed by atoms with Crippen LogP contribution in [0, 0.1) is 0 Å². The molecule has 17 heavy (non-hydrogen) atoms. The summed E-state index contributed by atoms with van der Waals surface area (Å²) in [7, 11) is 0. The molecule has 0 aromatic carbocycles. The van der Waals surface area contributed by atoms with Gasteiger partial charge in [0.1, 0.15) is 0 Å². The summed E-state index contributed by atoms with van der Waals surface area (Å²) < 4.78 is 0. The minimum Gasteiger partial charge on any atom is -0.389 e. The molecule has 1 heterocycles. The normalized spacial score (nSPS) is 12.1. The SMILES string of the molecule is CCN(Cc1ccccn1)CC(O)(CC)CC. The highest BCUT2D eigenvalue weighted by Gasteiger charge is 2.24. The number of pyridine rings is 1. The minimum atomic E-state index is -0.565. The Morgan fingerprint density at radius 3 is 2.41 bits per heavy atom. The van der Waals surface area contributed by atoms with Gasteiger partial charge in [-0.2, -0.15) is 0 Å². The number of hydrogen-bond acceptors (Lipinski definition) is 3. The molecule has 1 aromatic heterocycles. The maximum absolute atomic E-state index is 10.3. The highest BCUT2D eigenvalue weighted by molar-refractivity contribution is 5.03. The molecule has 0 unspecified atom stereocenters. The van der Waals surface area contributed by atoms with E-state index in [0.717, 1.165) is 31.6 Å². The third-order valence-corrected chi connectivity index (χ3v) is 3.39. The van der Waals surface area contributed by atoms with Crippen molar-refractivity contribution in [3.8, 4) is 0 Å². The Kier molecular flexibility index (Phi) is 5.59. The predicted molar refractivity (Wildman–Crippen MR) is 70.7 cm³/mol. The third-order valence-electron chi connectivity index (χ3n) is 3.39. The van der Waals surface area contributed by atoms with Crippen molar-refractivity contribution >= 4 is 0 Å². The van der Waals surface area contributed by atoms with E-state index in [2.05, 4.69) is 16.8 Å². The maximum Gasteiger partial charge on any atom is 0.0769 e. The molecule has 0 bridgehead atoms. The van der Waals surface area contributed by atoms with Gasteiger partial charge in [0, 0.05) is 19.3 Å². The zero-order valence-corrected chi connectivity index (χ0v) is 11.2. The van der Waals surface area contributed by atoms with Crippen LogP contribution in [-0.4, -0.2) is 33.7 Å². The Morgan fingerprint density at radius 2 is 1.94 bits per heavy atom. The Morgan fingerprint density at radius 1 is 1.24 bits per heavy atom. The Labute approximate surface area is 104 Å². The van der Waals surface area contributed by atoms with Gasteiger partial charge in [0.05, 0.1) is 11.3 Å². The zero-order valence-electron chi connectivity index (χ0n) is 11.2. The zero-order chi connectivity index (χ0) is 12.7. The van der Waals surface area contributed by atoms with Crippen molar-refractivity contribution in [2.45, 2.75) is 45.8 Å². The first kappa shape index (κ1) is 14.1. The molecular weight excluding hydrogens is 212 g/mol. The fourth-order valence-electron chi connectivity index (χ4n) is 1.89. The molecule has 0 aliphatic rings. The van der Waals surface area contributed by atoms with Crippen LogP contribution >= 0.6 is 0 Å². The van der Waals surface area contributed by atoms with Gasteiger partial charge in [0.25, 0.3) is 0 Å². The quantitative estimate of drug-likeness (QED) is 0.790. The van der Waals surface area contributed by atoms with E-state index in [-0.39, 0.29) is 0 Å². The van der Waals surface area contributed by atoms with Gasteiger partial charge in [-0.25, -0.2) is 0 Å². The van der Waals surface area contributed by atoms with Crippen molar-refractivity contribution in [3.63, 3.8) is 0 Å².